The molecule has 0 bridgehead atoms. The largest absolute Gasteiger partial charge is 0.508 e. The molecule has 2 N–H and O–H groups in total. The van der Waals surface area contributed by atoms with Crippen LogP contribution in [0.2, 0.25) is 0 Å². The third kappa shape index (κ3) is 4.02. The van der Waals surface area contributed by atoms with Crippen LogP contribution < -0.4 is 14.2 Å². The fourth-order valence-electron chi connectivity index (χ4n) is 4.87. The number of carbonyl (C=O) groups excluding carboxylic acids is 1. The number of rotatable bonds is 4. The van der Waals surface area contributed by atoms with Crippen LogP contribution in [-0.4, -0.2) is 37.2 Å². The van der Waals surface area contributed by atoms with Crippen molar-refractivity contribution in [3.05, 3.63) is 76.9 Å². The first-order valence-corrected chi connectivity index (χ1v) is 10.2. The molecule has 7 nitrogen and oxygen atoms in total. The first-order chi connectivity index (χ1) is 15.5. The quantitative estimate of drug-likeness (QED) is 0.456. The van der Waals surface area contributed by atoms with Crippen molar-refractivity contribution in [1.82, 2.24) is 0 Å². The van der Waals surface area contributed by atoms with Crippen molar-refractivity contribution in [3.8, 4) is 28.7 Å². The number of phenols is 2. The van der Waals surface area contributed by atoms with Gasteiger partial charge < -0.3 is 29.2 Å². The summed E-state index contributed by atoms with van der Waals surface area (Å²) < 4.78 is 21.4. The molecular formula is C25H22O7Pr. The molecule has 0 saturated heterocycles. The molecule has 0 saturated carbocycles. The Hall–Kier alpha value is -2.51. The number of fused-ring (bicyclic) bond motifs is 2. The molecule has 0 fully saturated rings. The van der Waals surface area contributed by atoms with Gasteiger partial charge in [-0.1, -0.05) is 18.2 Å². The summed E-state index contributed by atoms with van der Waals surface area (Å²) >= 11 is 0. The average molecular weight is 575 g/mol. The maximum absolute atomic E-state index is 13.2. The third-order valence-electron chi connectivity index (χ3n) is 6.26. The van der Waals surface area contributed by atoms with E-state index in [1.807, 2.05) is 24.3 Å². The molecule has 0 unspecified atom stereocenters. The van der Waals surface area contributed by atoms with Crippen molar-refractivity contribution in [2.75, 3.05) is 21.0 Å². The number of phenolic OH excluding ortho intramolecular Hbond substituents is 2. The SMILES string of the molecule is COC(=O)[C@@H]1[C@H](c2ccc(OC)cc2O)c2cc(O)ccc2[C@@H]1c1ccc2c(c1)OCO2.[Pr]. The molecule has 3 aromatic rings. The van der Waals surface area contributed by atoms with E-state index in [9.17, 15) is 15.0 Å². The van der Waals surface area contributed by atoms with Gasteiger partial charge in [0.15, 0.2) is 11.5 Å². The van der Waals surface area contributed by atoms with Crippen LogP contribution in [0.3, 0.4) is 0 Å². The van der Waals surface area contributed by atoms with E-state index in [1.165, 1.54) is 20.3 Å². The second-order valence-corrected chi connectivity index (χ2v) is 7.85. The summed E-state index contributed by atoms with van der Waals surface area (Å²) in [4.78, 5) is 13.2. The smallest absolute Gasteiger partial charge is 0.310 e. The minimum atomic E-state index is -0.670. The minimum absolute atomic E-state index is 0. The van der Waals surface area contributed by atoms with Crippen molar-refractivity contribution in [2.24, 2.45) is 5.92 Å². The van der Waals surface area contributed by atoms with Crippen LogP contribution in [-0.2, 0) is 9.53 Å². The van der Waals surface area contributed by atoms with Gasteiger partial charge in [0.1, 0.15) is 17.2 Å². The molecule has 3 atom stereocenters. The normalized spacial score (nSPS) is 20.0. The van der Waals surface area contributed by atoms with E-state index in [2.05, 4.69) is 0 Å². The minimum Gasteiger partial charge on any atom is -0.508 e. The van der Waals surface area contributed by atoms with Gasteiger partial charge in [-0.05, 0) is 47.0 Å². The molecular weight excluding hydrogens is 553 g/mol. The van der Waals surface area contributed by atoms with Crippen LogP contribution in [0.4, 0.5) is 0 Å². The van der Waals surface area contributed by atoms with Gasteiger partial charge in [-0.2, -0.15) is 0 Å². The molecule has 1 radical (unpaired) electrons. The van der Waals surface area contributed by atoms with E-state index >= 15 is 0 Å². The molecule has 167 valence electrons. The predicted molar refractivity (Wildman–Crippen MR) is 115 cm³/mol. The number of hydrogen-bond acceptors (Lipinski definition) is 7. The summed E-state index contributed by atoms with van der Waals surface area (Å²) in [7, 11) is 2.87. The van der Waals surface area contributed by atoms with Crippen molar-refractivity contribution < 1.29 is 75.2 Å². The van der Waals surface area contributed by atoms with Gasteiger partial charge in [0.2, 0.25) is 6.79 Å². The molecule has 2 aliphatic rings. The number of carbonyl (C=O) groups is 1. The van der Waals surface area contributed by atoms with Crippen LogP contribution in [0.25, 0.3) is 0 Å². The topological polar surface area (TPSA) is 94.5 Å². The average Bonchev–Trinajstić information content (AvgIpc) is 3.40. The summed E-state index contributed by atoms with van der Waals surface area (Å²) in [6.45, 7) is 0.149. The number of esters is 1. The molecule has 0 aromatic heterocycles. The fraction of sp³-hybridized carbons (Fsp3) is 0.240. The van der Waals surface area contributed by atoms with Gasteiger partial charge in [-0.25, -0.2) is 0 Å². The molecule has 1 aliphatic heterocycles. The summed E-state index contributed by atoms with van der Waals surface area (Å²) in [5.41, 5.74) is 3.03. The maximum atomic E-state index is 13.2. The van der Waals surface area contributed by atoms with Crippen molar-refractivity contribution >= 4 is 5.97 Å². The zero-order valence-corrected chi connectivity index (χ0v) is 21.9. The standard InChI is InChI=1S/C25H22O7.Pr/c1-29-15-5-7-17(19(27)11-15)23-18-10-14(26)4-6-16(18)22(24(23)25(28)30-2)13-3-8-20-21(9-13)32-12-31-20;/h3-11,22-24,26-27H,12H2,1-2H3;/t22-,23+,24-;/m0./s1. The number of methoxy groups -OCH3 is 2. The van der Waals surface area contributed by atoms with Gasteiger partial charge in [0.25, 0.3) is 0 Å². The molecule has 8 heteroatoms. The summed E-state index contributed by atoms with van der Waals surface area (Å²) in [5.74, 6) is -0.147. The molecule has 0 amide bonds. The van der Waals surface area contributed by atoms with Crippen LogP contribution in [0.15, 0.2) is 54.6 Å². The second kappa shape index (κ2) is 9.39. The fourth-order valence-corrected chi connectivity index (χ4v) is 4.87. The van der Waals surface area contributed by atoms with Gasteiger partial charge in [0, 0.05) is 64.8 Å². The second-order valence-electron chi connectivity index (χ2n) is 7.85. The molecule has 33 heavy (non-hydrogen) atoms. The van der Waals surface area contributed by atoms with Crippen LogP contribution in [0, 0.1) is 47.2 Å². The van der Waals surface area contributed by atoms with Crippen LogP contribution in [0.5, 0.6) is 28.7 Å². The van der Waals surface area contributed by atoms with Crippen molar-refractivity contribution in [2.45, 2.75) is 11.8 Å². The zero-order valence-electron chi connectivity index (χ0n) is 18.1. The Morgan fingerprint density at radius 1 is 0.879 bits per heavy atom. The monoisotopic (exact) mass is 575 g/mol. The third-order valence-corrected chi connectivity index (χ3v) is 6.26. The van der Waals surface area contributed by atoms with Gasteiger partial charge >= 0.3 is 5.97 Å². The van der Waals surface area contributed by atoms with Crippen molar-refractivity contribution in [1.29, 1.82) is 0 Å². The first kappa shape index (κ1) is 23.6. The van der Waals surface area contributed by atoms with Gasteiger partial charge in [-0.15, -0.1) is 0 Å². The molecule has 3 aromatic carbocycles. The Morgan fingerprint density at radius 3 is 2.36 bits per heavy atom. The number of hydrogen-bond donors (Lipinski definition) is 2. The van der Waals surface area contributed by atoms with Crippen molar-refractivity contribution in [3.63, 3.8) is 0 Å². The molecule has 1 aliphatic carbocycles. The predicted octanol–water partition coefficient (Wildman–Crippen LogP) is 3.90. The summed E-state index contributed by atoms with van der Waals surface area (Å²) in [6, 6.07) is 15.7. The molecule has 1 heterocycles. The van der Waals surface area contributed by atoms with Crippen LogP contribution in [0.1, 0.15) is 34.1 Å². The van der Waals surface area contributed by atoms with E-state index < -0.39 is 17.8 Å². The molecule has 5 rings (SSSR count). The van der Waals surface area contributed by atoms with Gasteiger partial charge in [0.05, 0.1) is 20.1 Å². The van der Waals surface area contributed by atoms with Crippen LogP contribution >= 0.6 is 0 Å². The summed E-state index contributed by atoms with van der Waals surface area (Å²) in [6.07, 6.45) is 0. The Balaban J connectivity index is 0.00000259. The number of aromatic hydroxyl groups is 2. The number of benzene rings is 3. The Kier molecular flexibility index (Phi) is 6.73. The Morgan fingerprint density at radius 2 is 1.64 bits per heavy atom. The van der Waals surface area contributed by atoms with Gasteiger partial charge in [-0.3, -0.25) is 4.79 Å². The Labute approximate surface area is 224 Å². The van der Waals surface area contributed by atoms with E-state index in [4.69, 9.17) is 18.9 Å². The Bertz CT molecular complexity index is 1210. The number of ether oxygens (including phenoxy) is 4. The first-order valence-electron chi connectivity index (χ1n) is 10.2. The van der Waals surface area contributed by atoms with E-state index in [-0.39, 0.29) is 65.5 Å². The summed E-state index contributed by atoms with van der Waals surface area (Å²) in [5, 5.41) is 21.0. The van der Waals surface area contributed by atoms with E-state index in [0.29, 0.717) is 22.8 Å². The van der Waals surface area contributed by atoms with E-state index in [0.717, 1.165) is 16.7 Å². The zero-order chi connectivity index (χ0) is 22.4. The van der Waals surface area contributed by atoms with E-state index in [1.54, 1.807) is 24.3 Å². The molecule has 0 spiro atoms. The maximum Gasteiger partial charge on any atom is 0.310 e.